The first-order chi connectivity index (χ1) is 15.8. The molecule has 4 unspecified atom stereocenters. The molecule has 3 fully saturated rings. The highest BCUT2D eigenvalue weighted by molar-refractivity contribution is 8.77. The van der Waals surface area contributed by atoms with Crippen LogP contribution in [0, 0.1) is 0 Å². The number of aromatic nitrogens is 2. The zero-order chi connectivity index (χ0) is 24.0. The van der Waals surface area contributed by atoms with Crippen LogP contribution in [0.3, 0.4) is 0 Å². The van der Waals surface area contributed by atoms with Crippen LogP contribution in [0.4, 0.5) is 0 Å². The Morgan fingerprint density at radius 2 is 2.00 bits per heavy atom. The van der Waals surface area contributed by atoms with E-state index in [0.717, 1.165) is 19.3 Å². The number of hydrogen-bond acceptors (Lipinski definition) is 9. The first-order valence-corrected chi connectivity index (χ1v) is 14.0. The summed E-state index contributed by atoms with van der Waals surface area (Å²) in [6.45, 7) is 7.58. The van der Waals surface area contributed by atoms with E-state index in [9.17, 15) is 14.4 Å². The van der Waals surface area contributed by atoms with Gasteiger partial charge >= 0.3 is 11.7 Å². The smallest absolute Gasteiger partial charge is 0.330 e. The summed E-state index contributed by atoms with van der Waals surface area (Å²) in [5.41, 5.74) is -1.09. The number of fused-ring (bicyclic) bond motifs is 1. The molecular formula is C22H34N2O7S2. The van der Waals surface area contributed by atoms with Gasteiger partial charge in [0.05, 0.1) is 0 Å². The van der Waals surface area contributed by atoms with Crippen LogP contribution in [0.1, 0.15) is 66.0 Å². The molecule has 1 aromatic rings. The quantitative estimate of drug-likeness (QED) is 0.325. The Kier molecular flexibility index (Phi) is 9.52. The molecule has 1 aromatic heterocycles. The summed E-state index contributed by atoms with van der Waals surface area (Å²) in [4.78, 5) is 38.0. The van der Waals surface area contributed by atoms with Gasteiger partial charge in [0, 0.05) is 29.7 Å². The van der Waals surface area contributed by atoms with Crippen LogP contribution in [-0.4, -0.2) is 57.2 Å². The van der Waals surface area contributed by atoms with E-state index in [1.54, 1.807) is 13.8 Å². The molecule has 0 radical (unpaired) electrons. The van der Waals surface area contributed by atoms with Crippen LogP contribution in [0.25, 0.3) is 0 Å². The van der Waals surface area contributed by atoms with Crippen molar-refractivity contribution in [3.63, 3.8) is 0 Å². The van der Waals surface area contributed by atoms with Crippen LogP contribution in [0.2, 0.25) is 0 Å². The lowest BCUT2D eigenvalue weighted by atomic mass is 10.1. The van der Waals surface area contributed by atoms with Crippen molar-refractivity contribution in [1.82, 2.24) is 9.55 Å². The van der Waals surface area contributed by atoms with Gasteiger partial charge in [-0.2, -0.15) is 0 Å². The molecule has 5 atom stereocenters. The lowest BCUT2D eigenvalue weighted by Crippen LogP contribution is -2.37. The predicted octanol–water partition coefficient (Wildman–Crippen LogP) is 3.24. The molecule has 11 heteroatoms. The van der Waals surface area contributed by atoms with Gasteiger partial charge in [-0.05, 0) is 33.1 Å². The van der Waals surface area contributed by atoms with Gasteiger partial charge in [-0.25, -0.2) is 4.79 Å². The average Bonchev–Trinajstić information content (AvgIpc) is 3.47. The van der Waals surface area contributed by atoms with Gasteiger partial charge in [0.2, 0.25) is 0 Å². The molecule has 3 aliphatic rings. The Balaban J connectivity index is 0.00000149. The number of esters is 1. The highest BCUT2D eigenvalue weighted by atomic mass is 33.1. The average molecular weight is 503 g/mol. The van der Waals surface area contributed by atoms with Gasteiger partial charge in [0.15, 0.2) is 12.0 Å². The Morgan fingerprint density at radius 1 is 1.24 bits per heavy atom. The molecule has 4 rings (SSSR count). The number of H-pyrrole nitrogens is 1. The number of carbonyl (C=O) groups is 1. The predicted molar refractivity (Wildman–Crippen MR) is 128 cm³/mol. The largest absolute Gasteiger partial charge is 0.463 e. The summed E-state index contributed by atoms with van der Waals surface area (Å²) in [6, 6.07) is 1.25. The number of unbranched alkanes of at least 4 members (excludes halogenated alkanes) is 1. The van der Waals surface area contributed by atoms with Crippen molar-refractivity contribution in [3.8, 4) is 0 Å². The lowest BCUT2D eigenvalue weighted by molar-refractivity contribution is -0.203. The minimum atomic E-state index is -0.859. The molecule has 186 valence electrons. The van der Waals surface area contributed by atoms with E-state index in [1.165, 1.54) is 29.0 Å². The van der Waals surface area contributed by atoms with Crippen molar-refractivity contribution in [2.45, 2.75) is 95.4 Å². The SMILES string of the molecule is CC.CC1(C)OC2C(n3ccc(=O)[nH]c3=O)OC(COC(=O)CCCCC3CCSS3)[C@H]2O1. The zero-order valence-electron chi connectivity index (χ0n) is 19.6. The van der Waals surface area contributed by atoms with E-state index in [1.807, 2.05) is 35.4 Å². The third kappa shape index (κ3) is 6.88. The molecule has 9 nitrogen and oxygen atoms in total. The molecule has 3 saturated heterocycles. The third-order valence-corrected chi connectivity index (χ3v) is 8.55. The number of aromatic amines is 1. The van der Waals surface area contributed by atoms with Crippen LogP contribution in [0.5, 0.6) is 0 Å². The van der Waals surface area contributed by atoms with Crippen LogP contribution < -0.4 is 11.2 Å². The van der Waals surface area contributed by atoms with Crippen molar-refractivity contribution in [1.29, 1.82) is 0 Å². The maximum atomic E-state index is 12.2. The van der Waals surface area contributed by atoms with Crippen LogP contribution in [0.15, 0.2) is 21.9 Å². The number of carbonyl (C=O) groups excluding carboxylic acids is 1. The van der Waals surface area contributed by atoms with Crippen LogP contribution in [-0.2, 0) is 23.7 Å². The number of nitrogens with zero attached hydrogens (tertiary/aromatic N) is 1. The summed E-state index contributed by atoms with van der Waals surface area (Å²) in [6.07, 6.45) is 3.51. The third-order valence-electron chi connectivity index (χ3n) is 5.54. The van der Waals surface area contributed by atoms with E-state index in [2.05, 4.69) is 4.98 Å². The summed E-state index contributed by atoms with van der Waals surface area (Å²) in [5.74, 6) is 0.0916. The molecule has 0 spiro atoms. The summed E-state index contributed by atoms with van der Waals surface area (Å²) < 4.78 is 24.6. The van der Waals surface area contributed by atoms with Crippen molar-refractivity contribution >= 4 is 27.6 Å². The number of rotatable bonds is 8. The fourth-order valence-electron chi connectivity index (χ4n) is 4.10. The lowest BCUT2D eigenvalue weighted by Gasteiger charge is -2.24. The Bertz CT molecular complexity index is 897. The Morgan fingerprint density at radius 3 is 2.70 bits per heavy atom. The molecule has 33 heavy (non-hydrogen) atoms. The van der Waals surface area contributed by atoms with Gasteiger partial charge in [-0.15, -0.1) is 0 Å². The topological polar surface area (TPSA) is 109 Å². The van der Waals surface area contributed by atoms with Crippen molar-refractivity contribution < 1.29 is 23.7 Å². The molecule has 0 amide bonds. The molecule has 0 aliphatic carbocycles. The monoisotopic (exact) mass is 502 g/mol. The normalized spacial score (nSPS) is 29.9. The molecule has 0 saturated carbocycles. The van der Waals surface area contributed by atoms with Crippen molar-refractivity contribution in [3.05, 3.63) is 33.1 Å². The van der Waals surface area contributed by atoms with E-state index in [0.29, 0.717) is 11.7 Å². The molecule has 0 bridgehead atoms. The second-order valence-electron chi connectivity index (χ2n) is 8.40. The van der Waals surface area contributed by atoms with E-state index < -0.39 is 41.6 Å². The van der Waals surface area contributed by atoms with Gasteiger partial charge in [-0.1, -0.05) is 41.9 Å². The van der Waals surface area contributed by atoms with Gasteiger partial charge in [-0.3, -0.25) is 19.1 Å². The minimum Gasteiger partial charge on any atom is -0.463 e. The van der Waals surface area contributed by atoms with E-state index >= 15 is 0 Å². The molecular weight excluding hydrogens is 468 g/mol. The van der Waals surface area contributed by atoms with Gasteiger partial charge in [0.25, 0.3) is 5.56 Å². The summed E-state index contributed by atoms with van der Waals surface area (Å²) >= 11 is 0. The first kappa shape index (κ1) is 26.3. The van der Waals surface area contributed by atoms with Gasteiger partial charge < -0.3 is 18.9 Å². The van der Waals surface area contributed by atoms with E-state index in [-0.39, 0.29) is 12.6 Å². The molecule has 0 aromatic carbocycles. The number of hydrogen-bond donors (Lipinski definition) is 1. The highest BCUT2D eigenvalue weighted by Crippen LogP contribution is 2.42. The molecule has 1 N–H and O–H groups in total. The molecule has 3 aliphatic heterocycles. The maximum absolute atomic E-state index is 12.2. The second-order valence-corrected chi connectivity index (χ2v) is 11.2. The second kappa shape index (κ2) is 11.9. The highest BCUT2D eigenvalue weighted by Gasteiger charge is 2.56. The number of ether oxygens (including phenoxy) is 4. The Labute approximate surface area is 201 Å². The first-order valence-electron chi connectivity index (χ1n) is 11.6. The van der Waals surface area contributed by atoms with E-state index in [4.69, 9.17) is 18.9 Å². The Hall–Kier alpha value is -1.27. The zero-order valence-corrected chi connectivity index (χ0v) is 21.2. The van der Waals surface area contributed by atoms with Crippen molar-refractivity contribution in [2.75, 3.05) is 12.4 Å². The van der Waals surface area contributed by atoms with Gasteiger partial charge in [0.1, 0.15) is 24.9 Å². The molecule has 4 heterocycles. The fourth-order valence-corrected chi connectivity index (χ4v) is 7.13. The standard InChI is InChI=1S/C20H28N2O7S2.C2H6/c1-20(2)28-16-13(11-26-15(24)6-4-3-5-12-8-10-30-31-12)27-18(17(16)29-20)22-9-7-14(23)21-19(22)25;1-2/h7,9,12-13,16-18H,3-6,8,10-11H2,1-2H3,(H,21,23,25);1-2H3/t12?,13?,16-,17?,18?;/m1./s1. The number of nitrogens with one attached hydrogen (secondary N) is 1. The summed E-state index contributed by atoms with van der Waals surface area (Å²) in [5, 5.41) is 0.709. The van der Waals surface area contributed by atoms with Crippen LogP contribution >= 0.6 is 21.6 Å². The summed E-state index contributed by atoms with van der Waals surface area (Å²) in [7, 11) is 3.88. The maximum Gasteiger partial charge on any atom is 0.330 e. The minimum absolute atomic E-state index is 0.0170. The van der Waals surface area contributed by atoms with Crippen molar-refractivity contribution in [2.24, 2.45) is 0 Å². The fraction of sp³-hybridized carbons (Fsp3) is 0.773.